The fourth-order valence-corrected chi connectivity index (χ4v) is 2.02. The van der Waals surface area contributed by atoms with Crippen LogP contribution in [0.1, 0.15) is 5.69 Å². The van der Waals surface area contributed by atoms with Gasteiger partial charge in [-0.3, -0.25) is 0 Å². The Bertz CT molecular complexity index is 288. The monoisotopic (exact) mass is 212 g/mol. The summed E-state index contributed by atoms with van der Waals surface area (Å²) >= 11 is 3.40. The van der Waals surface area contributed by atoms with Gasteiger partial charge in [0.05, 0.1) is 11.4 Å². The van der Waals surface area contributed by atoms with Gasteiger partial charge in [-0.15, -0.1) is 29.5 Å². The largest absolute Gasteiger partial charge is 0.361 e. The van der Waals surface area contributed by atoms with E-state index in [9.17, 15) is 0 Å². The minimum Gasteiger partial charge on any atom is -0.361 e. The van der Waals surface area contributed by atoms with Crippen molar-refractivity contribution in [3.05, 3.63) is 11.1 Å². The van der Waals surface area contributed by atoms with Crippen molar-refractivity contribution in [2.24, 2.45) is 0 Å². The SMILES string of the molecule is C#CCSCCNc1nc(C)cs1. The summed E-state index contributed by atoms with van der Waals surface area (Å²) in [7, 11) is 0. The van der Waals surface area contributed by atoms with Crippen LogP contribution >= 0.6 is 23.1 Å². The standard InChI is InChI=1S/C9H12N2S2/c1-3-5-12-6-4-10-9-11-8(2)7-13-9/h1,7H,4-6H2,2H3,(H,10,11). The first kappa shape index (κ1) is 10.4. The van der Waals surface area contributed by atoms with Gasteiger partial charge in [0.15, 0.2) is 5.13 Å². The molecule has 1 aromatic heterocycles. The Kier molecular flexibility index (Phi) is 4.73. The molecule has 0 aliphatic carbocycles. The molecule has 1 rings (SSSR count). The number of hydrogen-bond donors (Lipinski definition) is 1. The minimum atomic E-state index is 0.790. The van der Waals surface area contributed by atoms with Gasteiger partial charge >= 0.3 is 0 Å². The predicted molar refractivity (Wildman–Crippen MR) is 61.5 cm³/mol. The van der Waals surface area contributed by atoms with Crippen LogP contribution in [0.15, 0.2) is 5.38 Å². The second kappa shape index (κ2) is 5.90. The van der Waals surface area contributed by atoms with Crippen molar-refractivity contribution in [2.45, 2.75) is 6.92 Å². The van der Waals surface area contributed by atoms with E-state index in [2.05, 4.69) is 16.2 Å². The van der Waals surface area contributed by atoms with E-state index >= 15 is 0 Å². The van der Waals surface area contributed by atoms with Crippen LogP contribution in [0.4, 0.5) is 5.13 Å². The molecule has 0 amide bonds. The molecule has 4 heteroatoms. The molecule has 0 bridgehead atoms. The molecule has 0 aliphatic heterocycles. The van der Waals surface area contributed by atoms with E-state index in [1.165, 1.54) is 0 Å². The van der Waals surface area contributed by atoms with Gasteiger partial charge < -0.3 is 5.32 Å². The molecule has 2 nitrogen and oxygen atoms in total. The first-order valence-corrected chi connectivity index (χ1v) is 6.03. The number of terminal acetylenes is 1. The number of thiazole rings is 1. The van der Waals surface area contributed by atoms with Crippen LogP contribution in [-0.2, 0) is 0 Å². The van der Waals surface area contributed by atoms with Crippen LogP contribution in [0.2, 0.25) is 0 Å². The number of nitrogens with one attached hydrogen (secondary N) is 1. The van der Waals surface area contributed by atoms with E-state index in [0.717, 1.165) is 28.9 Å². The fourth-order valence-electron chi connectivity index (χ4n) is 0.796. The van der Waals surface area contributed by atoms with Gasteiger partial charge in [-0.05, 0) is 6.92 Å². The van der Waals surface area contributed by atoms with Gasteiger partial charge in [0.2, 0.25) is 0 Å². The van der Waals surface area contributed by atoms with Gasteiger partial charge in [0.25, 0.3) is 0 Å². The van der Waals surface area contributed by atoms with Crippen molar-refractivity contribution in [2.75, 3.05) is 23.4 Å². The maximum Gasteiger partial charge on any atom is 0.182 e. The van der Waals surface area contributed by atoms with Crippen LogP contribution in [0.3, 0.4) is 0 Å². The second-order valence-electron chi connectivity index (χ2n) is 2.48. The number of thioether (sulfide) groups is 1. The first-order chi connectivity index (χ1) is 6.33. The van der Waals surface area contributed by atoms with Crippen molar-refractivity contribution < 1.29 is 0 Å². The molecule has 1 aromatic rings. The number of nitrogens with zero attached hydrogens (tertiary/aromatic N) is 1. The molecule has 0 aromatic carbocycles. The Labute approximate surface area is 87.2 Å². The molecule has 0 radical (unpaired) electrons. The van der Waals surface area contributed by atoms with E-state index in [4.69, 9.17) is 6.42 Å². The molecule has 70 valence electrons. The predicted octanol–water partition coefficient (Wildman–Crippen LogP) is 2.23. The molecule has 13 heavy (non-hydrogen) atoms. The summed E-state index contributed by atoms with van der Waals surface area (Å²) in [6.07, 6.45) is 5.12. The van der Waals surface area contributed by atoms with Crippen molar-refractivity contribution in [1.29, 1.82) is 0 Å². The molecular formula is C9H12N2S2. The van der Waals surface area contributed by atoms with Gasteiger partial charge in [0, 0.05) is 17.7 Å². The average Bonchev–Trinajstić information content (AvgIpc) is 2.51. The van der Waals surface area contributed by atoms with E-state index < -0.39 is 0 Å². The molecule has 1 N–H and O–H groups in total. The number of rotatable bonds is 5. The molecule has 0 saturated carbocycles. The quantitative estimate of drug-likeness (QED) is 0.598. The Balaban J connectivity index is 2.10. The van der Waals surface area contributed by atoms with E-state index in [0.29, 0.717) is 0 Å². The van der Waals surface area contributed by atoms with Crippen LogP contribution in [0.25, 0.3) is 0 Å². The second-order valence-corrected chi connectivity index (χ2v) is 4.44. The number of anilines is 1. The summed E-state index contributed by atoms with van der Waals surface area (Å²) in [6.45, 7) is 2.92. The molecule has 0 atom stereocenters. The third kappa shape index (κ3) is 4.20. The van der Waals surface area contributed by atoms with Crippen molar-refractivity contribution >= 4 is 28.2 Å². The summed E-state index contributed by atoms with van der Waals surface area (Å²) in [4.78, 5) is 4.29. The minimum absolute atomic E-state index is 0.790. The van der Waals surface area contributed by atoms with Crippen LogP contribution in [0.5, 0.6) is 0 Å². The highest BCUT2D eigenvalue weighted by atomic mass is 32.2. The molecule has 0 aliphatic rings. The highest BCUT2D eigenvalue weighted by Crippen LogP contribution is 2.14. The Morgan fingerprint density at radius 2 is 2.62 bits per heavy atom. The lowest BCUT2D eigenvalue weighted by Crippen LogP contribution is -2.03. The zero-order valence-corrected chi connectivity index (χ0v) is 9.17. The smallest absolute Gasteiger partial charge is 0.182 e. The fraction of sp³-hybridized carbons (Fsp3) is 0.444. The normalized spacial score (nSPS) is 9.54. The zero-order valence-electron chi connectivity index (χ0n) is 7.54. The van der Waals surface area contributed by atoms with Crippen LogP contribution in [0, 0.1) is 19.3 Å². The topological polar surface area (TPSA) is 24.9 Å². The lowest BCUT2D eigenvalue weighted by Gasteiger charge is -1.99. The third-order valence-corrected chi connectivity index (χ3v) is 3.11. The number of aromatic nitrogens is 1. The van der Waals surface area contributed by atoms with Crippen molar-refractivity contribution in [3.8, 4) is 12.3 Å². The van der Waals surface area contributed by atoms with Crippen LogP contribution < -0.4 is 5.32 Å². The van der Waals surface area contributed by atoms with Gasteiger partial charge in [0.1, 0.15) is 0 Å². The van der Waals surface area contributed by atoms with Gasteiger partial charge in [-0.2, -0.15) is 0 Å². The summed E-state index contributed by atoms with van der Waals surface area (Å²) in [6, 6.07) is 0. The maximum absolute atomic E-state index is 5.12. The first-order valence-electron chi connectivity index (χ1n) is 4.00. The lowest BCUT2D eigenvalue weighted by molar-refractivity contribution is 1.18. The van der Waals surface area contributed by atoms with Gasteiger partial charge in [-0.1, -0.05) is 5.92 Å². The van der Waals surface area contributed by atoms with Crippen molar-refractivity contribution in [1.82, 2.24) is 4.98 Å². The third-order valence-electron chi connectivity index (χ3n) is 1.33. The Morgan fingerprint density at radius 3 is 3.23 bits per heavy atom. The van der Waals surface area contributed by atoms with E-state index in [1.807, 2.05) is 12.3 Å². The summed E-state index contributed by atoms with van der Waals surface area (Å²) in [5.74, 6) is 4.41. The average molecular weight is 212 g/mol. The maximum atomic E-state index is 5.12. The highest BCUT2D eigenvalue weighted by molar-refractivity contribution is 7.99. The molecule has 0 spiro atoms. The summed E-state index contributed by atoms with van der Waals surface area (Å²) < 4.78 is 0. The molecule has 0 saturated heterocycles. The molecule has 0 fully saturated rings. The summed E-state index contributed by atoms with van der Waals surface area (Å²) in [5, 5.41) is 6.28. The van der Waals surface area contributed by atoms with E-state index in [-0.39, 0.29) is 0 Å². The molecular weight excluding hydrogens is 200 g/mol. The zero-order chi connectivity index (χ0) is 9.52. The Hall–Kier alpha value is -0.660. The Morgan fingerprint density at radius 1 is 1.77 bits per heavy atom. The van der Waals surface area contributed by atoms with Crippen LogP contribution in [-0.4, -0.2) is 23.0 Å². The lowest BCUT2D eigenvalue weighted by atomic mass is 10.6. The van der Waals surface area contributed by atoms with Crippen molar-refractivity contribution in [3.63, 3.8) is 0 Å². The molecule has 0 unspecified atom stereocenters. The highest BCUT2D eigenvalue weighted by Gasteiger charge is 1.95. The van der Waals surface area contributed by atoms with Gasteiger partial charge in [-0.25, -0.2) is 4.98 Å². The summed E-state index contributed by atoms with van der Waals surface area (Å²) in [5.41, 5.74) is 1.07. The number of hydrogen-bond acceptors (Lipinski definition) is 4. The molecule has 1 heterocycles. The van der Waals surface area contributed by atoms with E-state index in [1.54, 1.807) is 23.1 Å². The number of aryl methyl sites for hydroxylation is 1.